The molecule has 0 aromatic heterocycles. The van der Waals surface area contributed by atoms with E-state index in [0.29, 0.717) is 0 Å². The van der Waals surface area contributed by atoms with Gasteiger partial charge in [0.1, 0.15) is 0 Å². The second-order valence-electron chi connectivity index (χ2n) is 5.68. The van der Waals surface area contributed by atoms with E-state index in [1.807, 2.05) is 0 Å². The molecule has 0 spiro atoms. The molecule has 1 nitrogen and oxygen atoms in total. The summed E-state index contributed by atoms with van der Waals surface area (Å²) in [6, 6.07) is 6.98. The molecule has 0 heterocycles. The molecule has 0 bridgehead atoms. The predicted molar refractivity (Wildman–Crippen MR) is 79.0 cm³/mol. The van der Waals surface area contributed by atoms with Crippen molar-refractivity contribution in [3.05, 3.63) is 35.4 Å². The Labute approximate surface area is 111 Å². The number of fused-ring (bicyclic) bond motifs is 1. The number of nitrogens with zero attached hydrogens (tertiary/aromatic N) is 1. The quantitative estimate of drug-likeness (QED) is 0.761. The first kappa shape index (κ1) is 11.8. The van der Waals surface area contributed by atoms with Crippen LogP contribution in [-0.4, -0.2) is 13.1 Å². The van der Waals surface area contributed by atoms with Crippen molar-refractivity contribution < 1.29 is 0 Å². The van der Waals surface area contributed by atoms with Crippen molar-refractivity contribution >= 4 is 11.8 Å². The molecular formula is C17H23N. The van der Waals surface area contributed by atoms with Crippen LogP contribution in [-0.2, 0) is 6.42 Å². The van der Waals surface area contributed by atoms with Crippen molar-refractivity contribution in [1.29, 1.82) is 0 Å². The molecular weight excluding hydrogens is 218 g/mol. The molecule has 1 aromatic rings. The van der Waals surface area contributed by atoms with Crippen LogP contribution in [0.4, 0.5) is 5.69 Å². The molecule has 3 rings (SSSR count). The van der Waals surface area contributed by atoms with E-state index >= 15 is 0 Å². The molecule has 1 heteroatoms. The summed E-state index contributed by atoms with van der Waals surface area (Å²) in [7, 11) is 0. The molecule has 0 atom stereocenters. The molecule has 0 aliphatic heterocycles. The third-order valence-corrected chi connectivity index (χ3v) is 4.46. The fourth-order valence-corrected chi connectivity index (χ4v) is 3.36. The molecule has 1 saturated carbocycles. The number of rotatable bonds is 4. The van der Waals surface area contributed by atoms with E-state index in [1.54, 1.807) is 0 Å². The largest absolute Gasteiger partial charge is 0.372 e. The minimum Gasteiger partial charge on any atom is -0.372 e. The van der Waals surface area contributed by atoms with E-state index in [-0.39, 0.29) is 0 Å². The normalized spacial score (nSPS) is 18.3. The van der Waals surface area contributed by atoms with Gasteiger partial charge in [0.25, 0.3) is 0 Å². The van der Waals surface area contributed by atoms with E-state index in [9.17, 15) is 0 Å². The lowest BCUT2D eigenvalue weighted by atomic mass is 10.1. The van der Waals surface area contributed by atoms with Gasteiger partial charge in [0.2, 0.25) is 0 Å². The smallest absolute Gasteiger partial charge is 0.0369 e. The highest BCUT2D eigenvalue weighted by Crippen LogP contribution is 2.29. The maximum Gasteiger partial charge on any atom is 0.0369 e. The molecule has 1 fully saturated rings. The maximum atomic E-state index is 2.56. The third-order valence-electron chi connectivity index (χ3n) is 4.46. The zero-order chi connectivity index (χ0) is 12.4. The summed E-state index contributed by atoms with van der Waals surface area (Å²) in [5.41, 5.74) is 4.33. The van der Waals surface area contributed by atoms with Crippen LogP contribution >= 0.6 is 0 Å². The zero-order valence-electron chi connectivity index (χ0n) is 11.4. The lowest BCUT2D eigenvalue weighted by Gasteiger charge is -2.27. The predicted octanol–water partition coefficient (Wildman–Crippen LogP) is 4.27. The van der Waals surface area contributed by atoms with E-state index in [2.05, 4.69) is 42.2 Å². The SMILES string of the molecule is CCN(CC1CCCC1)c1ccc2c(c1)CC=C2. The average Bonchev–Trinajstić information content (AvgIpc) is 3.06. The highest BCUT2D eigenvalue weighted by Gasteiger charge is 2.18. The highest BCUT2D eigenvalue weighted by atomic mass is 15.1. The first-order chi connectivity index (χ1) is 8.86. The molecule has 2 aliphatic rings. The van der Waals surface area contributed by atoms with Crippen molar-refractivity contribution in [3.8, 4) is 0 Å². The van der Waals surface area contributed by atoms with Crippen LogP contribution in [0.2, 0.25) is 0 Å². The average molecular weight is 241 g/mol. The van der Waals surface area contributed by atoms with Gasteiger partial charge in [-0.25, -0.2) is 0 Å². The number of hydrogen-bond donors (Lipinski definition) is 0. The Kier molecular flexibility index (Phi) is 3.40. The monoisotopic (exact) mass is 241 g/mol. The second-order valence-corrected chi connectivity index (χ2v) is 5.68. The summed E-state index contributed by atoms with van der Waals surface area (Å²) < 4.78 is 0. The summed E-state index contributed by atoms with van der Waals surface area (Å²) in [5.74, 6) is 0.927. The van der Waals surface area contributed by atoms with Gasteiger partial charge >= 0.3 is 0 Å². The second kappa shape index (κ2) is 5.17. The fraction of sp³-hybridized carbons (Fsp3) is 0.529. The fourth-order valence-electron chi connectivity index (χ4n) is 3.36. The van der Waals surface area contributed by atoms with Crippen LogP contribution in [0.3, 0.4) is 0 Å². The molecule has 1 aromatic carbocycles. The van der Waals surface area contributed by atoms with Gasteiger partial charge in [-0.2, -0.15) is 0 Å². The lowest BCUT2D eigenvalue weighted by Crippen LogP contribution is -2.28. The van der Waals surface area contributed by atoms with Crippen LogP contribution in [0.15, 0.2) is 24.3 Å². The maximum absolute atomic E-state index is 2.56. The van der Waals surface area contributed by atoms with Crippen LogP contribution in [0.1, 0.15) is 43.7 Å². The number of hydrogen-bond acceptors (Lipinski definition) is 1. The summed E-state index contributed by atoms with van der Waals surface area (Å²) in [6.07, 6.45) is 11.4. The van der Waals surface area contributed by atoms with Gasteiger partial charge in [0.15, 0.2) is 0 Å². The van der Waals surface area contributed by atoms with Crippen LogP contribution < -0.4 is 4.90 Å². The molecule has 96 valence electrons. The minimum absolute atomic E-state index is 0.927. The van der Waals surface area contributed by atoms with Gasteiger partial charge in [0, 0.05) is 18.8 Å². The summed E-state index contributed by atoms with van der Waals surface area (Å²) in [4.78, 5) is 2.56. The van der Waals surface area contributed by atoms with Crippen LogP contribution in [0.5, 0.6) is 0 Å². The Morgan fingerprint density at radius 1 is 1.22 bits per heavy atom. The Morgan fingerprint density at radius 3 is 2.83 bits per heavy atom. The zero-order valence-corrected chi connectivity index (χ0v) is 11.4. The first-order valence-corrected chi connectivity index (χ1v) is 7.41. The molecule has 0 unspecified atom stereocenters. The van der Waals surface area contributed by atoms with E-state index in [0.717, 1.165) is 18.9 Å². The van der Waals surface area contributed by atoms with E-state index < -0.39 is 0 Å². The van der Waals surface area contributed by atoms with Crippen molar-refractivity contribution in [2.75, 3.05) is 18.0 Å². The van der Waals surface area contributed by atoms with Crippen LogP contribution in [0.25, 0.3) is 6.08 Å². The first-order valence-electron chi connectivity index (χ1n) is 7.41. The molecule has 2 aliphatic carbocycles. The summed E-state index contributed by atoms with van der Waals surface area (Å²) >= 11 is 0. The third kappa shape index (κ3) is 2.31. The minimum atomic E-state index is 0.927. The van der Waals surface area contributed by atoms with Crippen molar-refractivity contribution in [2.45, 2.75) is 39.0 Å². The summed E-state index contributed by atoms with van der Waals surface area (Å²) in [5, 5.41) is 0. The topological polar surface area (TPSA) is 3.24 Å². The molecule has 0 amide bonds. The van der Waals surface area contributed by atoms with Crippen molar-refractivity contribution in [3.63, 3.8) is 0 Å². The standard InChI is InChI=1S/C17H23N/c1-2-18(13-14-6-3-4-7-14)17-11-10-15-8-5-9-16(15)12-17/h5,8,10-12,14H,2-4,6-7,9,13H2,1H3. The van der Waals surface area contributed by atoms with Gasteiger partial charge < -0.3 is 4.90 Å². The Bertz CT molecular complexity index is 441. The molecule has 0 radical (unpaired) electrons. The number of anilines is 1. The molecule has 0 N–H and O–H groups in total. The van der Waals surface area contributed by atoms with Gasteiger partial charge in [-0.3, -0.25) is 0 Å². The van der Waals surface area contributed by atoms with Gasteiger partial charge in [-0.1, -0.05) is 31.1 Å². The van der Waals surface area contributed by atoms with Gasteiger partial charge in [-0.15, -0.1) is 0 Å². The van der Waals surface area contributed by atoms with Gasteiger partial charge in [-0.05, 0) is 55.4 Å². The van der Waals surface area contributed by atoms with Crippen molar-refractivity contribution in [1.82, 2.24) is 0 Å². The Hall–Kier alpha value is -1.24. The molecule has 18 heavy (non-hydrogen) atoms. The Balaban J connectivity index is 1.74. The van der Waals surface area contributed by atoms with Crippen molar-refractivity contribution in [2.24, 2.45) is 5.92 Å². The summed E-state index contributed by atoms with van der Waals surface area (Å²) in [6.45, 7) is 4.66. The van der Waals surface area contributed by atoms with Crippen LogP contribution in [0, 0.1) is 5.92 Å². The number of benzene rings is 1. The van der Waals surface area contributed by atoms with E-state index in [4.69, 9.17) is 0 Å². The van der Waals surface area contributed by atoms with E-state index in [1.165, 1.54) is 49.0 Å². The Morgan fingerprint density at radius 2 is 2.06 bits per heavy atom. The highest BCUT2D eigenvalue weighted by molar-refractivity contribution is 5.64. The number of allylic oxidation sites excluding steroid dienone is 1. The lowest BCUT2D eigenvalue weighted by molar-refractivity contribution is 0.536. The van der Waals surface area contributed by atoms with Gasteiger partial charge in [0.05, 0.1) is 0 Å². The molecule has 0 saturated heterocycles.